The zero-order valence-corrected chi connectivity index (χ0v) is 48.4. The van der Waals surface area contributed by atoms with Gasteiger partial charge in [-0.15, -0.1) is 0 Å². The van der Waals surface area contributed by atoms with Crippen molar-refractivity contribution in [3.8, 4) is 0 Å². The average Bonchev–Trinajstić information content (AvgIpc) is 3.32. The van der Waals surface area contributed by atoms with Crippen LogP contribution in [0, 0.1) is 0 Å². The lowest BCUT2D eigenvalue weighted by Gasteiger charge is -2.29. The number of quaternary nitrogens is 1. The van der Waals surface area contributed by atoms with E-state index in [9.17, 15) is 19.4 Å². The molecule has 0 fully saturated rings. The van der Waals surface area contributed by atoms with Gasteiger partial charge in [0.15, 0.2) is 0 Å². The smallest absolute Gasteiger partial charge is 0.268 e. The van der Waals surface area contributed by atoms with Crippen LogP contribution in [0.1, 0.15) is 309 Å². The van der Waals surface area contributed by atoms with Gasteiger partial charge in [-0.3, -0.25) is 9.36 Å². The highest BCUT2D eigenvalue weighted by molar-refractivity contribution is 7.45. The number of hydrogen-bond acceptors (Lipinski definition) is 6. The Labute approximate surface area is 436 Å². The predicted molar refractivity (Wildman–Crippen MR) is 302 cm³/mol. The largest absolute Gasteiger partial charge is 0.756 e. The number of carbonyl (C=O) groups is 1. The van der Waals surface area contributed by atoms with Gasteiger partial charge in [0, 0.05) is 6.42 Å². The molecule has 0 spiro atoms. The number of hydrogen-bond donors (Lipinski definition) is 2. The molecular weight excluding hydrogens is 888 g/mol. The highest BCUT2D eigenvalue weighted by Gasteiger charge is 2.23. The van der Waals surface area contributed by atoms with Crippen molar-refractivity contribution in [1.82, 2.24) is 5.32 Å². The van der Waals surface area contributed by atoms with Crippen molar-refractivity contribution < 1.29 is 32.9 Å². The number of aliphatic hydroxyl groups excluding tert-OH is 1. The second-order valence-corrected chi connectivity index (χ2v) is 23.8. The number of phosphoric ester groups is 1. The molecular formula is C61H121N2O6P. The summed E-state index contributed by atoms with van der Waals surface area (Å²) in [5.41, 5.74) is 0. The third-order valence-corrected chi connectivity index (χ3v) is 15.1. The van der Waals surface area contributed by atoms with Gasteiger partial charge in [0.25, 0.3) is 7.82 Å². The monoisotopic (exact) mass is 1010 g/mol. The second kappa shape index (κ2) is 52.8. The van der Waals surface area contributed by atoms with Crippen LogP contribution in [0.2, 0.25) is 0 Å². The van der Waals surface area contributed by atoms with E-state index in [0.717, 1.165) is 38.5 Å². The van der Waals surface area contributed by atoms with Crippen molar-refractivity contribution in [1.29, 1.82) is 0 Å². The van der Waals surface area contributed by atoms with Gasteiger partial charge in [-0.2, -0.15) is 0 Å². The molecule has 0 saturated heterocycles. The molecule has 0 aliphatic carbocycles. The number of allylic oxidation sites excluding steroid dienone is 3. The summed E-state index contributed by atoms with van der Waals surface area (Å²) in [4.78, 5) is 25.4. The van der Waals surface area contributed by atoms with Crippen molar-refractivity contribution >= 4 is 13.7 Å². The van der Waals surface area contributed by atoms with Crippen molar-refractivity contribution in [3.63, 3.8) is 0 Å². The predicted octanol–water partition coefficient (Wildman–Crippen LogP) is 18.1. The molecule has 0 aromatic rings. The normalized spacial score (nSPS) is 14.0. The summed E-state index contributed by atoms with van der Waals surface area (Å²) in [7, 11) is 1.27. The molecule has 0 heterocycles. The summed E-state index contributed by atoms with van der Waals surface area (Å²) in [5, 5.41) is 13.8. The van der Waals surface area contributed by atoms with Gasteiger partial charge in [-0.1, -0.05) is 282 Å². The zero-order valence-electron chi connectivity index (χ0n) is 47.5. The lowest BCUT2D eigenvalue weighted by molar-refractivity contribution is -0.870. The number of likely N-dealkylation sites (N-methyl/N-ethyl adjacent to an activating group) is 1. The first kappa shape index (κ1) is 69.0. The molecule has 0 bridgehead atoms. The third-order valence-electron chi connectivity index (χ3n) is 14.2. The van der Waals surface area contributed by atoms with Crippen molar-refractivity contribution in [2.24, 2.45) is 0 Å². The van der Waals surface area contributed by atoms with Crippen LogP contribution >= 0.6 is 7.82 Å². The van der Waals surface area contributed by atoms with Crippen molar-refractivity contribution in [3.05, 3.63) is 24.3 Å². The van der Waals surface area contributed by atoms with Crippen LogP contribution < -0.4 is 10.2 Å². The Morgan fingerprint density at radius 3 is 1.11 bits per heavy atom. The van der Waals surface area contributed by atoms with E-state index in [1.807, 2.05) is 27.2 Å². The molecule has 416 valence electrons. The molecule has 3 unspecified atom stereocenters. The molecule has 70 heavy (non-hydrogen) atoms. The summed E-state index contributed by atoms with van der Waals surface area (Å²) >= 11 is 0. The lowest BCUT2D eigenvalue weighted by Crippen LogP contribution is -2.45. The zero-order chi connectivity index (χ0) is 51.3. The molecule has 1 amide bonds. The summed E-state index contributed by atoms with van der Waals surface area (Å²) in [6, 6.07) is -0.882. The standard InChI is InChI=1S/C61H121N2O6P/c1-6-8-10-12-14-16-18-19-20-21-22-23-24-25-26-27-28-29-30-31-32-33-34-35-36-37-38-39-40-41-42-43-45-47-49-51-53-55-61(65)62-59(58-69-70(66,67)68-57-56-63(3,4)5)60(64)54-52-50-48-46-44-17-15-13-11-9-7-2/h29-30,52,54,59-60,64H,6-28,31-51,53,55-58H2,1-5H3,(H-,62,65,66,67)/b30-29-,54-52+. The number of unbranched alkanes of at least 4 members (excludes halogenated alkanes) is 42. The second-order valence-electron chi connectivity index (χ2n) is 22.4. The molecule has 0 aliphatic rings. The Morgan fingerprint density at radius 2 is 0.786 bits per heavy atom. The fourth-order valence-electron chi connectivity index (χ4n) is 9.33. The van der Waals surface area contributed by atoms with E-state index in [2.05, 4.69) is 31.3 Å². The minimum Gasteiger partial charge on any atom is -0.756 e. The van der Waals surface area contributed by atoms with Crippen LogP contribution in [0.5, 0.6) is 0 Å². The van der Waals surface area contributed by atoms with Gasteiger partial charge >= 0.3 is 0 Å². The van der Waals surface area contributed by atoms with Gasteiger partial charge in [0.2, 0.25) is 5.91 Å². The number of carbonyl (C=O) groups excluding carboxylic acids is 1. The minimum atomic E-state index is -4.59. The van der Waals surface area contributed by atoms with E-state index in [1.54, 1.807) is 6.08 Å². The van der Waals surface area contributed by atoms with Crippen LogP contribution in [0.25, 0.3) is 0 Å². The maximum Gasteiger partial charge on any atom is 0.268 e. The van der Waals surface area contributed by atoms with E-state index in [0.29, 0.717) is 17.4 Å². The van der Waals surface area contributed by atoms with Gasteiger partial charge in [-0.25, -0.2) is 0 Å². The third kappa shape index (κ3) is 54.7. The van der Waals surface area contributed by atoms with E-state index in [-0.39, 0.29) is 19.1 Å². The quantitative estimate of drug-likeness (QED) is 0.0272. The molecule has 2 N–H and O–H groups in total. The SMILES string of the molecule is CCCCCCCCCCC/C=C/C(O)C(COP(=O)([O-])OCC[N+](C)(C)C)NC(=O)CCCCCCCCCCCCCCCCCCC/C=C\CCCCCCCCCCCCCCCCCC. The molecule has 0 aliphatic heterocycles. The molecule has 0 saturated carbocycles. The fraction of sp³-hybridized carbons (Fsp3) is 0.918. The summed E-state index contributed by atoms with van der Waals surface area (Å²) in [6.07, 6.45) is 67.3. The first-order valence-corrected chi connectivity index (χ1v) is 32.2. The van der Waals surface area contributed by atoms with E-state index >= 15 is 0 Å². The van der Waals surface area contributed by atoms with Crippen LogP contribution in [0.3, 0.4) is 0 Å². The topological polar surface area (TPSA) is 108 Å². The van der Waals surface area contributed by atoms with Gasteiger partial charge < -0.3 is 28.8 Å². The summed E-state index contributed by atoms with van der Waals surface area (Å²) < 4.78 is 23.3. The van der Waals surface area contributed by atoms with E-state index in [4.69, 9.17) is 9.05 Å². The molecule has 8 nitrogen and oxygen atoms in total. The fourth-order valence-corrected chi connectivity index (χ4v) is 10.1. The molecule has 3 atom stereocenters. The number of aliphatic hydroxyl groups is 1. The number of phosphoric acid groups is 1. The first-order valence-electron chi connectivity index (χ1n) is 30.7. The highest BCUT2D eigenvalue weighted by atomic mass is 31.2. The molecule has 0 rings (SSSR count). The lowest BCUT2D eigenvalue weighted by atomic mass is 10.0. The Balaban J connectivity index is 3.86. The maximum absolute atomic E-state index is 12.9. The average molecular weight is 1010 g/mol. The van der Waals surface area contributed by atoms with Gasteiger partial charge in [0.05, 0.1) is 39.9 Å². The minimum absolute atomic E-state index is 0.00102. The van der Waals surface area contributed by atoms with Crippen LogP contribution in [-0.2, 0) is 18.4 Å². The highest BCUT2D eigenvalue weighted by Crippen LogP contribution is 2.38. The number of amides is 1. The summed E-state index contributed by atoms with van der Waals surface area (Å²) in [6.45, 7) is 4.67. The number of nitrogens with one attached hydrogen (secondary N) is 1. The van der Waals surface area contributed by atoms with Crippen LogP contribution in [0.4, 0.5) is 0 Å². The summed E-state index contributed by atoms with van der Waals surface area (Å²) in [5.74, 6) is -0.194. The van der Waals surface area contributed by atoms with E-state index < -0.39 is 20.0 Å². The molecule has 0 aromatic heterocycles. The Hall–Kier alpha value is -1.02. The Morgan fingerprint density at radius 1 is 0.486 bits per heavy atom. The molecule has 9 heteroatoms. The number of rotatable bonds is 57. The van der Waals surface area contributed by atoms with Gasteiger partial charge in [-0.05, 0) is 44.9 Å². The van der Waals surface area contributed by atoms with E-state index in [1.165, 1.54) is 250 Å². The number of nitrogens with zero attached hydrogens (tertiary/aromatic N) is 1. The molecule has 0 radical (unpaired) electrons. The van der Waals surface area contributed by atoms with Gasteiger partial charge in [0.1, 0.15) is 13.2 Å². The Bertz CT molecular complexity index is 1190. The van der Waals surface area contributed by atoms with Crippen molar-refractivity contribution in [2.45, 2.75) is 321 Å². The Kier molecular flexibility index (Phi) is 52.1. The molecule has 0 aromatic carbocycles. The van der Waals surface area contributed by atoms with Crippen LogP contribution in [0.15, 0.2) is 24.3 Å². The first-order chi connectivity index (χ1) is 34.0. The van der Waals surface area contributed by atoms with Crippen LogP contribution in [-0.4, -0.2) is 68.5 Å². The van der Waals surface area contributed by atoms with Crippen molar-refractivity contribution in [2.75, 3.05) is 40.9 Å². The maximum atomic E-state index is 12.9.